The van der Waals surface area contributed by atoms with Crippen molar-refractivity contribution in [2.75, 3.05) is 0 Å². The predicted molar refractivity (Wildman–Crippen MR) is 31.3 cm³/mol. The first-order chi connectivity index (χ1) is 4.20. The van der Waals surface area contributed by atoms with Crippen LogP contribution in [0.25, 0.3) is 0 Å². The minimum atomic E-state index is -0.990. The summed E-state index contributed by atoms with van der Waals surface area (Å²) in [6, 6.07) is 1.45. The molecular weight excluding hydrogens is 127 g/mol. The van der Waals surface area contributed by atoms with Crippen LogP contribution in [0.3, 0.4) is 0 Å². The van der Waals surface area contributed by atoms with Gasteiger partial charge in [-0.2, -0.15) is 5.10 Å². The van der Waals surface area contributed by atoms with Gasteiger partial charge in [0.05, 0.1) is 0 Å². The van der Waals surface area contributed by atoms with E-state index >= 15 is 0 Å². The molecule has 0 spiro atoms. The minimum Gasteiger partial charge on any atom is -1.00 e. The molecule has 0 atom stereocenters. The maximum Gasteiger partial charge on any atom is 1.00 e. The molecule has 1 aromatic heterocycles. The van der Waals surface area contributed by atoms with Crippen LogP contribution in [0, 0.1) is 0 Å². The number of aromatic nitrogens is 2. The quantitative estimate of drug-likeness (QED) is 0.423. The van der Waals surface area contributed by atoms with Gasteiger partial charge in [0.25, 0.3) is 0 Å². The summed E-state index contributed by atoms with van der Waals surface area (Å²) in [5.74, 6) is -0.990. The minimum absolute atomic E-state index is 0. The summed E-state index contributed by atoms with van der Waals surface area (Å²) in [5.41, 5.74) is 0.0810. The second-order valence-corrected chi connectivity index (χ2v) is 1.68. The Bertz CT molecular complexity index is 238. The summed E-state index contributed by atoms with van der Waals surface area (Å²) in [6.45, 7) is 0. The zero-order valence-electron chi connectivity index (χ0n) is 6.90. The SMILES string of the molecule is Cn1ccc(C(=O)O)n1.[H-].[Li+]. The first-order valence-corrected chi connectivity index (χ1v) is 2.43. The molecule has 5 heteroatoms. The zero-order chi connectivity index (χ0) is 6.85. The number of hydrogen-bond acceptors (Lipinski definition) is 2. The van der Waals surface area contributed by atoms with Gasteiger partial charge in [-0.1, -0.05) is 0 Å². The Balaban J connectivity index is 0. The molecule has 0 aromatic carbocycles. The van der Waals surface area contributed by atoms with E-state index in [1.807, 2.05) is 0 Å². The van der Waals surface area contributed by atoms with Crippen LogP contribution in [0.5, 0.6) is 0 Å². The number of rotatable bonds is 1. The van der Waals surface area contributed by atoms with Gasteiger partial charge in [0.15, 0.2) is 5.69 Å². The third-order valence-corrected chi connectivity index (χ3v) is 0.933. The Morgan fingerprint density at radius 3 is 2.70 bits per heavy atom. The molecule has 0 aliphatic rings. The third kappa shape index (κ3) is 1.90. The first kappa shape index (κ1) is 9.28. The number of hydrogen-bond donors (Lipinski definition) is 1. The van der Waals surface area contributed by atoms with Crippen molar-refractivity contribution in [2.24, 2.45) is 7.05 Å². The van der Waals surface area contributed by atoms with Crippen LogP contribution < -0.4 is 18.9 Å². The first-order valence-electron chi connectivity index (χ1n) is 2.43. The maximum atomic E-state index is 10.1. The largest absolute Gasteiger partial charge is 1.00 e. The number of carbonyl (C=O) groups is 1. The van der Waals surface area contributed by atoms with Crippen molar-refractivity contribution in [3.05, 3.63) is 18.0 Å². The Labute approximate surface area is 71.5 Å². The Morgan fingerprint density at radius 1 is 1.90 bits per heavy atom. The van der Waals surface area contributed by atoms with E-state index in [2.05, 4.69) is 5.10 Å². The molecule has 0 unspecified atom stereocenters. The van der Waals surface area contributed by atoms with Gasteiger partial charge in [0.2, 0.25) is 0 Å². The van der Waals surface area contributed by atoms with E-state index in [1.54, 1.807) is 13.2 Å². The van der Waals surface area contributed by atoms with Crippen LogP contribution in [-0.2, 0) is 7.05 Å². The monoisotopic (exact) mass is 134 g/mol. The Morgan fingerprint density at radius 2 is 2.50 bits per heavy atom. The molecular formula is C5H7LiN2O2. The van der Waals surface area contributed by atoms with Gasteiger partial charge in [-0.05, 0) is 6.07 Å². The van der Waals surface area contributed by atoms with Crippen molar-refractivity contribution >= 4 is 5.97 Å². The molecule has 0 radical (unpaired) electrons. The summed E-state index contributed by atoms with van der Waals surface area (Å²) >= 11 is 0. The summed E-state index contributed by atoms with van der Waals surface area (Å²) in [5, 5.41) is 11.9. The van der Waals surface area contributed by atoms with Gasteiger partial charge in [-0.3, -0.25) is 4.68 Å². The molecule has 1 heterocycles. The number of aryl methyl sites for hydroxylation is 1. The van der Waals surface area contributed by atoms with Gasteiger partial charge in [0.1, 0.15) is 0 Å². The number of nitrogens with zero attached hydrogens (tertiary/aromatic N) is 2. The molecule has 1 aromatic rings. The Hall–Kier alpha value is -0.723. The molecule has 1 rings (SSSR count). The van der Waals surface area contributed by atoms with Crippen LogP contribution in [0.2, 0.25) is 0 Å². The van der Waals surface area contributed by atoms with Gasteiger partial charge in [-0.25, -0.2) is 4.79 Å². The fraction of sp³-hybridized carbons (Fsp3) is 0.200. The molecule has 50 valence electrons. The van der Waals surface area contributed by atoms with Crippen molar-refractivity contribution in [3.8, 4) is 0 Å². The summed E-state index contributed by atoms with van der Waals surface area (Å²) in [4.78, 5) is 10.1. The topological polar surface area (TPSA) is 55.1 Å². The van der Waals surface area contributed by atoms with E-state index < -0.39 is 5.97 Å². The molecule has 0 bridgehead atoms. The smallest absolute Gasteiger partial charge is 1.00 e. The van der Waals surface area contributed by atoms with E-state index in [4.69, 9.17) is 5.11 Å². The van der Waals surface area contributed by atoms with Crippen LogP contribution >= 0.6 is 0 Å². The third-order valence-electron chi connectivity index (χ3n) is 0.933. The zero-order valence-corrected chi connectivity index (χ0v) is 5.90. The molecule has 10 heavy (non-hydrogen) atoms. The van der Waals surface area contributed by atoms with Crippen LogP contribution in [0.4, 0.5) is 0 Å². The number of carboxylic acid groups (broad SMARTS) is 1. The molecule has 0 saturated carbocycles. The van der Waals surface area contributed by atoms with Crippen molar-refractivity contribution in [1.82, 2.24) is 9.78 Å². The standard InChI is InChI=1S/C5H6N2O2.Li.H/c1-7-3-2-4(6-7)5(8)9;;/h2-3H,1H3,(H,8,9);;/q;+1;-1. The average molecular weight is 134 g/mol. The fourth-order valence-electron chi connectivity index (χ4n) is 0.529. The number of aromatic carboxylic acids is 1. The Kier molecular flexibility index (Phi) is 3.20. The summed E-state index contributed by atoms with van der Waals surface area (Å²) < 4.78 is 1.45. The molecule has 0 amide bonds. The van der Waals surface area contributed by atoms with Crippen LogP contribution in [-0.4, -0.2) is 20.9 Å². The maximum absolute atomic E-state index is 10.1. The average Bonchev–Trinajstić information content (AvgIpc) is 2.14. The van der Waals surface area contributed by atoms with Crippen molar-refractivity contribution in [2.45, 2.75) is 0 Å². The number of carboxylic acids is 1. The van der Waals surface area contributed by atoms with E-state index in [9.17, 15) is 4.79 Å². The molecule has 0 aliphatic carbocycles. The molecule has 1 N–H and O–H groups in total. The molecule has 0 fully saturated rings. The predicted octanol–water partition coefficient (Wildman–Crippen LogP) is -2.77. The fourth-order valence-corrected chi connectivity index (χ4v) is 0.529. The van der Waals surface area contributed by atoms with Crippen molar-refractivity contribution in [3.63, 3.8) is 0 Å². The second-order valence-electron chi connectivity index (χ2n) is 1.68. The summed E-state index contributed by atoms with van der Waals surface area (Å²) in [6.07, 6.45) is 1.59. The molecule has 4 nitrogen and oxygen atoms in total. The van der Waals surface area contributed by atoms with Crippen LogP contribution in [0.15, 0.2) is 12.3 Å². The van der Waals surface area contributed by atoms with Gasteiger partial charge in [0, 0.05) is 13.2 Å². The van der Waals surface area contributed by atoms with Gasteiger partial charge in [-0.15, -0.1) is 0 Å². The molecule has 0 saturated heterocycles. The van der Waals surface area contributed by atoms with Gasteiger partial charge < -0.3 is 6.53 Å². The van der Waals surface area contributed by atoms with Crippen LogP contribution in [0.1, 0.15) is 11.9 Å². The van der Waals surface area contributed by atoms with E-state index in [1.165, 1.54) is 10.7 Å². The van der Waals surface area contributed by atoms with Gasteiger partial charge >= 0.3 is 24.8 Å². The second kappa shape index (κ2) is 3.45. The normalized spacial score (nSPS) is 8.50. The van der Waals surface area contributed by atoms with Crippen molar-refractivity contribution in [1.29, 1.82) is 0 Å². The van der Waals surface area contributed by atoms with E-state index in [0.29, 0.717) is 0 Å². The van der Waals surface area contributed by atoms with Crippen molar-refractivity contribution < 1.29 is 30.2 Å². The molecule has 0 aliphatic heterocycles. The summed E-state index contributed by atoms with van der Waals surface area (Å²) in [7, 11) is 1.67. The van der Waals surface area contributed by atoms with E-state index in [0.717, 1.165) is 0 Å². The van der Waals surface area contributed by atoms with E-state index in [-0.39, 0.29) is 26.0 Å².